The van der Waals surface area contributed by atoms with Crippen molar-refractivity contribution in [2.24, 2.45) is 0 Å². The molecule has 0 aliphatic carbocycles. The van der Waals surface area contributed by atoms with Gasteiger partial charge >= 0.3 is 0 Å². The van der Waals surface area contributed by atoms with Crippen molar-refractivity contribution in [3.8, 4) is 0 Å². The molecule has 2 N–H and O–H groups in total. The van der Waals surface area contributed by atoms with Crippen LogP contribution in [0.2, 0.25) is 5.02 Å². The molecule has 1 aromatic heterocycles. The molecule has 0 radical (unpaired) electrons. The van der Waals surface area contributed by atoms with Crippen LogP contribution in [-0.4, -0.2) is 13.4 Å². The first kappa shape index (κ1) is 13.8. The number of pyridine rings is 1. The summed E-state index contributed by atoms with van der Waals surface area (Å²) in [6.45, 7) is 1.82. The van der Waals surface area contributed by atoms with E-state index in [2.05, 4.69) is 4.98 Å². The summed E-state index contributed by atoms with van der Waals surface area (Å²) < 4.78 is 24.7. The van der Waals surface area contributed by atoms with Crippen LogP contribution >= 0.6 is 11.6 Å². The molecule has 0 spiro atoms. The number of rotatable bonds is 3. The van der Waals surface area contributed by atoms with Crippen molar-refractivity contribution in [1.82, 2.24) is 4.98 Å². The lowest BCUT2D eigenvalue weighted by molar-refractivity contribution is 0.595. The molecule has 0 atom stereocenters. The minimum Gasteiger partial charge on any atom is -0.398 e. The highest BCUT2D eigenvalue weighted by Crippen LogP contribution is 2.26. The predicted octanol–water partition coefficient (Wildman–Crippen LogP) is 2.60. The van der Waals surface area contributed by atoms with Crippen LogP contribution in [0.4, 0.5) is 5.69 Å². The molecule has 1 aromatic carbocycles. The molecule has 0 saturated carbocycles. The number of aryl methyl sites for hydroxylation is 1. The van der Waals surface area contributed by atoms with Crippen LogP contribution in [0.3, 0.4) is 0 Å². The molecule has 0 unspecified atom stereocenters. The molecule has 100 valence electrons. The molecule has 0 amide bonds. The normalized spacial score (nSPS) is 11.5. The van der Waals surface area contributed by atoms with Crippen molar-refractivity contribution >= 4 is 27.1 Å². The van der Waals surface area contributed by atoms with Gasteiger partial charge in [0.2, 0.25) is 0 Å². The standard InChI is InChI=1S/C13H13ClN2O2S/c1-9-3-2-6-16-12(9)8-19(17,18)13-7-10(14)4-5-11(13)15/h2-7H,8,15H2,1H3. The monoisotopic (exact) mass is 296 g/mol. The Labute approximate surface area is 117 Å². The fraction of sp³-hybridized carbons (Fsp3) is 0.154. The average molecular weight is 297 g/mol. The molecule has 0 bridgehead atoms. The third-order valence-corrected chi connectivity index (χ3v) is 4.67. The molecule has 1 heterocycles. The SMILES string of the molecule is Cc1cccnc1CS(=O)(=O)c1cc(Cl)ccc1N. The van der Waals surface area contributed by atoms with E-state index < -0.39 is 9.84 Å². The van der Waals surface area contributed by atoms with Gasteiger partial charge in [0.1, 0.15) is 0 Å². The van der Waals surface area contributed by atoms with Gasteiger partial charge in [-0.05, 0) is 36.8 Å². The number of sulfone groups is 1. The largest absolute Gasteiger partial charge is 0.398 e. The Balaban J connectivity index is 2.44. The average Bonchev–Trinajstić information content (AvgIpc) is 2.35. The molecular weight excluding hydrogens is 284 g/mol. The zero-order chi connectivity index (χ0) is 14.0. The summed E-state index contributed by atoms with van der Waals surface area (Å²) in [6, 6.07) is 7.99. The van der Waals surface area contributed by atoms with Gasteiger partial charge < -0.3 is 5.73 Å². The molecule has 0 aliphatic rings. The lowest BCUT2D eigenvalue weighted by atomic mass is 10.2. The van der Waals surface area contributed by atoms with Crippen LogP contribution in [0.25, 0.3) is 0 Å². The van der Waals surface area contributed by atoms with Crippen molar-refractivity contribution in [3.05, 3.63) is 52.8 Å². The van der Waals surface area contributed by atoms with E-state index >= 15 is 0 Å². The van der Waals surface area contributed by atoms with E-state index in [1.807, 2.05) is 13.0 Å². The molecule has 0 saturated heterocycles. The maximum atomic E-state index is 12.3. The number of anilines is 1. The van der Waals surface area contributed by atoms with Gasteiger partial charge in [0.15, 0.2) is 9.84 Å². The van der Waals surface area contributed by atoms with Gasteiger partial charge in [0.05, 0.1) is 22.0 Å². The van der Waals surface area contributed by atoms with Gasteiger partial charge in [-0.15, -0.1) is 0 Å². The number of aromatic nitrogens is 1. The minimum atomic E-state index is -3.56. The maximum Gasteiger partial charge on any atom is 0.186 e. The van der Waals surface area contributed by atoms with Crippen LogP contribution in [0.1, 0.15) is 11.3 Å². The third-order valence-electron chi connectivity index (χ3n) is 2.76. The van der Waals surface area contributed by atoms with E-state index in [1.165, 1.54) is 12.1 Å². The Kier molecular flexibility index (Phi) is 3.78. The molecule has 2 rings (SSSR count). The zero-order valence-corrected chi connectivity index (χ0v) is 11.9. The van der Waals surface area contributed by atoms with Gasteiger partial charge in [-0.2, -0.15) is 0 Å². The summed E-state index contributed by atoms with van der Waals surface area (Å²) in [7, 11) is -3.56. The summed E-state index contributed by atoms with van der Waals surface area (Å²) >= 11 is 5.82. The van der Waals surface area contributed by atoms with Gasteiger partial charge in [-0.1, -0.05) is 17.7 Å². The van der Waals surface area contributed by atoms with Crippen molar-refractivity contribution < 1.29 is 8.42 Å². The number of benzene rings is 1. The number of hydrogen-bond donors (Lipinski definition) is 1. The van der Waals surface area contributed by atoms with Crippen LogP contribution in [0, 0.1) is 6.92 Å². The molecule has 0 aliphatic heterocycles. The van der Waals surface area contributed by atoms with E-state index in [9.17, 15) is 8.42 Å². The van der Waals surface area contributed by atoms with E-state index in [0.717, 1.165) is 5.56 Å². The van der Waals surface area contributed by atoms with Crippen LogP contribution < -0.4 is 5.73 Å². The second-order valence-corrected chi connectivity index (χ2v) is 6.60. The quantitative estimate of drug-likeness (QED) is 0.884. The topological polar surface area (TPSA) is 73.0 Å². The molecule has 2 aromatic rings. The maximum absolute atomic E-state index is 12.3. The molecular formula is C13H13ClN2O2S. The second kappa shape index (κ2) is 5.19. The number of hydrogen-bond acceptors (Lipinski definition) is 4. The van der Waals surface area contributed by atoms with Crippen LogP contribution in [-0.2, 0) is 15.6 Å². The Hall–Kier alpha value is -1.59. The van der Waals surface area contributed by atoms with E-state index in [0.29, 0.717) is 10.7 Å². The molecule has 19 heavy (non-hydrogen) atoms. The van der Waals surface area contributed by atoms with E-state index in [1.54, 1.807) is 18.3 Å². The lowest BCUT2D eigenvalue weighted by Gasteiger charge is -2.09. The van der Waals surface area contributed by atoms with Gasteiger partial charge in [-0.25, -0.2) is 8.42 Å². The first-order valence-corrected chi connectivity index (χ1v) is 7.61. The van der Waals surface area contributed by atoms with E-state index in [4.69, 9.17) is 17.3 Å². The molecule has 0 fully saturated rings. The highest BCUT2D eigenvalue weighted by molar-refractivity contribution is 7.90. The summed E-state index contributed by atoms with van der Waals surface area (Å²) in [5.41, 5.74) is 7.24. The zero-order valence-electron chi connectivity index (χ0n) is 10.3. The van der Waals surface area contributed by atoms with Crippen molar-refractivity contribution in [3.63, 3.8) is 0 Å². The molecule has 6 heteroatoms. The summed E-state index contributed by atoms with van der Waals surface area (Å²) in [5.74, 6) is -0.190. The van der Waals surface area contributed by atoms with Gasteiger partial charge in [0, 0.05) is 11.2 Å². The Morgan fingerprint density at radius 1 is 1.32 bits per heavy atom. The van der Waals surface area contributed by atoms with Gasteiger partial charge in [-0.3, -0.25) is 4.98 Å². The first-order valence-electron chi connectivity index (χ1n) is 5.58. The Morgan fingerprint density at radius 3 is 2.74 bits per heavy atom. The minimum absolute atomic E-state index is 0.0463. The fourth-order valence-corrected chi connectivity index (χ4v) is 3.49. The number of nitrogens with zero attached hydrogens (tertiary/aromatic N) is 1. The van der Waals surface area contributed by atoms with Gasteiger partial charge in [0.25, 0.3) is 0 Å². The predicted molar refractivity (Wildman–Crippen MR) is 75.7 cm³/mol. The summed E-state index contributed by atoms with van der Waals surface area (Å²) in [6.07, 6.45) is 1.57. The summed E-state index contributed by atoms with van der Waals surface area (Å²) in [5, 5.41) is 0.338. The molecule has 4 nitrogen and oxygen atoms in total. The van der Waals surface area contributed by atoms with Crippen molar-refractivity contribution in [1.29, 1.82) is 0 Å². The highest BCUT2D eigenvalue weighted by Gasteiger charge is 2.20. The Morgan fingerprint density at radius 2 is 2.05 bits per heavy atom. The first-order chi connectivity index (χ1) is 8.90. The van der Waals surface area contributed by atoms with Crippen LogP contribution in [0.5, 0.6) is 0 Å². The van der Waals surface area contributed by atoms with E-state index in [-0.39, 0.29) is 16.3 Å². The lowest BCUT2D eigenvalue weighted by Crippen LogP contribution is -2.10. The smallest absolute Gasteiger partial charge is 0.186 e. The highest BCUT2D eigenvalue weighted by atomic mass is 35.5. The second-order valence-electron chi connectivity index (χ2n) is 4.21. The number of nitrogens with two attached hydrogens (primary N) is 1. The van der Waals surface area contributed by atoms with Crippen molar-refractivity contribution in [2.75, 3.05) is 5.73 Å². The Bertz CT molecular complexity index is 714. The number of halogens is 1. The van der Waals surface area contributed by atoms with Crippen LogP contribution in [0.15, 0.2) is 41.4 Å². The van der Waals surface area contributed by atoms with Crippen molar-refractivity contribution in [2.45, 2.75) is 17.6 Å². The fourth-order valence-electron chi connectivity index (χ4n) is 1.70. The number of nitrogen functional groups attached to an aromatic ring is 1. The third kappa shape index (κ3) is 3.05. The summed E-state index contributed by atoms with van der Waals surface area (Å²) in [4.78, 5) is 4.13.